The van der Waals surface area contributed by atoms with Crippen LogP contribution in [0.2, 0.25) is 0 Å². The van der Waals surface area contributed by atoms with Gasteiger partial charge in [0.05, 0.1) is 0 Å². The van der Waals surface area contributed by atoms with Crippen molar-refractivity contribution in [2.45, 2.75) is 46.1 Å². The Balaban J connectivity index is 1.73. The summed E-state index contributed by atoms with van der Waals surface area (Å²) in [6.07, 6.45) is 4.18. The highest BCUT2D eigenvalue weighted by atomic mass is 16.1. The minimum absolute atomic E-state index is 0.174. The predicted molar refractivity (Wildman–Crippen MR) is 87.0 cm³/mol. The molecule has 1 saturated heterocycles. The predicted octanol–water partition coefficient (Wildman–Crippen LogP) is 2.89. The monoisotopic (exact) mass is 288 g/mol. The molecule has 1 aliphatic heterocycles. The topological polar surface area (TPSA) is 41.1 Å². The van der Waals surface area contributed by atoms with Gasteiger partial charge in [-0.3, -0.25) is 4.79 Å². The average molecular weight is 288 g/mol. The van der Waals surface area contributed by atoms with E-state index < -0.39 is 0 Å². The van der Waals surface area contributed by atoms with Gasteiger partial charge in [0.15, 0.2) is 0 Å². The van der Waals surface area contributed by atoms with Crippen molar-refractivity contribution in [2.75, 3.05) is 13.1 Å². The second kappa shape index (κ2) is 8.18. The molecule has 2 rings (SSSR count). The summed E-state index contributed by atoms with van der Waals surface area (Å²) in [5.74, 6) is 1.28. The Bertz CT molecular complexity index is 435. The van der Waals surface area contributed by atoms with E-state index in [2.05, 4.69) is 48.7 Å². The number of amides is 1. The van der Waals surface area contributed by atoms with Gasteiger partial charge in [-0.05, 0) is 55.3 Å². The molecule has 0 saturated carbocycles. The summed E-state index contributed by atoms with van der Waals surface area (Å²) in [5.41, 5.74) is 2.51. The van der Waals surface area contributed by atoms with E-state index in [-0.39, 0.29) is 5.91 Å². The van der Waals surface area contributed by atoms with Gasteiger partial charge >= 0.3 is 0 Å². The summed E-state index contributed by atoms with van der Waals surface area (Å²) in [5, 5.41) is 6.47. The zero-order valence-corrected chi connectivity index (χ0v) is 13.3. The number of aryl methyl sites for hydroxylation is 1. The number of carbonyl (C=O) groups excluding carboxylic acids is 1. The van der Waals surface area contributed by atoms with Gasteiger partial charge in [0.25, 0.3) is 0 Å². The number of nitrogens with one attached hydrogen (secondary N) is 2. The van der Waals surface area contributed by atoms with Crippen LogP contribution in [0.1, 0.15) is 44.2 Å². The van der Waals surface area contributed by atoms with Crippen molar-refractivity contribution >= 4 is 5.91 Å². The number of hydrogen-bond acceptors (Lipinski definition) is 2. The number of piperidine rings is 1. The summed E-state index contributed by atoms with van der Waals surface area (Å²) >= 11 is 0. The van der Waals surface area contributed by atoms with Crippen molar-refractivity contribution in [2.24, 2.45) is 11.8 Å². The lowest BCUT2D eigenvalue weighted by atomic mass is 9.85. The molecule has 3 nitrogen and oxygen atoms in total. The third kappa shape index (κ3) is 5.16. The van der Waals surface area contributed by atoms with Crippen molar-refractivity contribution in [3.63, 3.8) is 0 Å². The van der Waals surface area contributed by atoms with E-state index in [4.69, 9.17) is 0 Å². The van der Waals surface area contributed by atoms with Crippen molar-refractivity contribution in [3.8, 4) is 0 Å². The van der Waals surface area contributed by atoms with E-state index in [1.165, 1.54) is 24.0 Å². The Hall–Kier alpha value is -1.35. The molecule has 0 radical (unpaired) electrons. The Kier molecular flexibility index (Phi) is 6.24. The molecule has 1 heterocycles. The number of carbonyl (C=O) groups is 1. The first kappa shape index (κ1) is 16.0. The Labute approximate surface area is 128 Å². The largest absolute Gasteiger partial charge is 0.352 e. The highest BCUT2D eigenvalue weighted by Gasteiger charge is 2.21. The molecule has 1 aromatic carbocycles. The fraction of sp³-hybridized carbons (Fsp3) is 0.611. The molecule has 1 aromatic rings. The zero-order chi connectivity index (χ0) is 15.1. The van der Waals surface area contributed by atoms with E-state index in [1.807, 2.05) is 0 Å². The summed E-state index contributed by atoms with van der Waals surface area (Å²) in [6.45, 7) is 7.18. The van der Waals surface area contributed by atoms with E-state index in [0.29, 0.717) is 24.8 Å². The second-order valence-electron chi connectivity index (χ2n) is 6.23. The highest BCUT2D eigenvalue weighted by molar-refractivity contribution is 5.76. The van der Waals surface area contributed by atoms with Crippen molar-refractivity contribution in [3.05, 3.63) is 35.4 Å². The van der Waals surface area contributed by atoms with Crippen LogP contribution in [0.25, 0.3) is 0 Å². The van der Waals surface area contributed by atoms with Crippen LogP contribution < -0.4 is 10.6 Å². The Morgan fingerprint density at radius 2 is 2.05 bits per heavy atom. The summed E-state index contributed by atoms with van der Waals surface area (Å²) in [6, 6.07) is 8.48. The minimum Gasteiger partial charge on any atom is -0.352 e. The maximum atomic E-state index is 12.1. The van der Waals surface area contributed by atoms with Gasteiger partial charge in [-0.2, -0.15) is 0 Å². The van der Waals surface area contributed by atoms with Crippen LogP contribution in [-0.4, -0.2) is 19.0 Å². The second-order valence-corrected chi connectivity index (χ2v) is 6.23. The fourth-order valence-electron chi connectivity index (χ4n) is 2.99. The van der Waals surface area contributed by atoms with Gasteiger partial charge in [-0.1, -0.05) is 38.1 Å². The summed E-state index contributed by atoms with van der Waals surface area (Å²) < 4.78 is 0. The molecule has 1 aliphatic rings. The average Bonchev–Trinajstić information content (AvgIpc) is 2.54. The maximum absolute atomic E-state index is 12.1. The van der Waals surface area contributed by atoms with Gasteiger partial charge in [0.1, 0.15) is 0 Å². The normalized spacial score (nSPS) is 20.0. The molecule has 2 N–H and O–H groups in total. The smallest absolute Gasteiger partial charge is 0.220 e. The van der Waals surface area contributed by atoms with Crippen LogP contribution in [0, 0.1) is 11.8 Å². The molecule has 2 atom stereocenters. The van der Waals surface area contributed by atoms with Crippen LogP contribution >= 0.6 is 0 Å². The first-order chi connectivity index (χ1) is 10.2. The van der Waals surface area contributed by atoms with Gasteiger partial charge in [-0.25, -0.2) is 0 Å². The lowest BCUT2D eigenvalue weighted by Crippen LogP contribution is -2.35. The summed E-state index contributed by atoms with van der Waals surface area (Å²) in [7, 11) is 0. The standard InChI is InChI=1S/C18H28N2O/c1-3-15-6-8-16(9-7-15)12-20-18(21)11-14(2)17-5-4-10-19-13-17/h6-9,14,17,19H,3-5,10-13H2,1-2H3,(H,20,21). The van der Waals surface area contributed by atoms with Gasteiger partial charge in [0.2, 0.25) is 5.91 Å². The van der Waals surface area contributed by atoms with E-state index in [0.717, 1.165) is 19.5 Å². The number of rotatable bonds is 6. The molecule has 3 heteroatoms. The van der Waals surface area contributed by atoms with Crippen LogP contribution in [-0.2, 0) is 17.8 Å². The van der Waals surface area contributed by atoms with Crippen molar-refractivity contribution < 1.29 is 4.79 Å². The minimum atomic E-state index is 0.174. The van der Waals surface area contributed by atoms with E-state index in [1.54, 1.807) is 0 Å². The van der Waals surface area contributed by atoms with Crippen molar-refractivity contribution in [1.29, 1.82) is 0 Å². The van der Waals surface area contributed by atoms with Crippen LogP contribution in [0.3, 0.4) is 0 Å². The molecular weight excluding hydrogens is 260 g/mol. The van der Waals surface area contributed by atoms with Crippen LogP contribution in [0.15, 0.2) is 24.3 Å². The molecular formula is C18H28N2O. The highest BCUT2D eigenvalue weighted by Crippen LogP contribution is 2.22. The SMILES string of the molecule is CCc1ccc(CNC(=O)CC(C)C2CCCNC2)cc1. The number of hydrogen-bond donors (Lipinski definition) is 2. The summed E-state index contributed by atoms with van der Waals surface area (Å²) in [4.78, 5) is 12.1. The Morgan fingerprint density at radius 3 is 2.67 bits per heavy atom. The molecule has 116 valence electrons. The van der Waals surface area contributed by atoms with E-state index >= 15 is 0 Å². The van der Waals surface area contributed by atoms with E-state index in [9.17, 15) is 4.79 Å². The van der Waals surface area contributed by atoms with Crippen LogP contribution in [0.5, 0.6) is 0 Å². The zero-order valence-electron chi connectivity index (χ0n) is 13.3. The van der Waals surface area contributed by atoms with Crippen LogP contribution in [0.4, 0.5) is 0 Å². The molecule has 1 fully saturated rings. The third-order valence-corrected chi connectivity index (χ3v) is 4.57. The first-order valence-corrected chi connectivity index (χ1v) is 8.24. The Morgan fingerprint density at radius 1 is 1.33 bits per heavy atom. The fourth-order valence-corrected chi connectivity index (χ4v) is 2.99. The van der Waals surface area contributed by atoms with Crippen molar-refractivity contribution in [1.82, 2.24) is 10.6 Å². The lowest BCUT2D eigenvalue weighted by Gasteiger charge is -2.28. The molecule has 0 aromatic heterocycles. The third-order valence-electron chi connectivity index (χ3n) is 4.57. The molecule has 2 unspecified atom stereocenters. The first-order valence-electron chi connectivity index (χ1n) is 8.24. The maximum Gasteiger partial charge on any atom is 0.220 e. The molecule has 21 heavy (non-hydrogen) atoms. The van der Waals surface area contributed by atoms with Gasteiger partial charge < -0.3 is 10.6 Å². The van der Waals surface area contributed by atoms with Gasteiger partial charge in [-0.15, -0.1) is 0 Å². The molecule has 0 bridgehead atoms. The molecule has 1 amide bonds. The quantitative estimate of drug-likeness (QED) is 0.845. The van der Waals surface area contributed by atoms with Gasteiger partial charge in [0, 0.05) is 13.0 Å². The molecule has 0 spiro atoms. The lowest BCUT2D eigenvalue weighted by molar-refractivity contribution is -0.122. The number of benzene rings is 1. The molecule has 0 aliphatic carbocycles.